The van der Waals surface area contributed by atoms with E-state index >= 15 is 0 Å². The monoisotopic (exact) mass is 396 g/mol. The van der Waals surface area contributed by atoms with E-state index in [9.17, 15) is 9.59 Å². The first-order valence-electron chi connectivity index (χ1n) is 9.53. The Kier molecular flexibility index (Phi) is 5.03. The highest BCUT2D eigenvalue weighted by atomic mass is 32.1. The predicted molar refractivity (Wildman–Crippen MR) is 112 cm³/mol. The third kappa shape index (κ3) is 3.59. The van der Waals surface area contributed by atoms with E-state index in [0.29, 0.717) is 24.3 Å². The van der Waals surface area contributed by atoms with Crippen molar-refractivity contribution in [3.05, 3.63) is 50.9 Å². The first-order chi connectivity index (χ1) is 13.4. The van der Waals surface area contributed by atoms with Crippen molar-refractivity contribution in [2.75, 3.05) is 13.1 Å². The van der Waals surface area contributed by atoms with Crippen molar-refractivity contribution in [3.8, 4) is 11.1 Å². The van der Waals surface area contributed by atoms with Crippen molar-refractivity contribution in [3.63, 3.8) is 0 Å². The zero-order valence-electron chi connectivity index (χ0n) is 16.1. The highest BCUT2D eigenvalue weighted by Crippen LogP contribution is 2.35. The molecule has 1 saturated heterocycles. The van der Waals surface area contributed by atoms with E-state index < -0.39 is 0 Å². The van der Waals surface area contributed by atoms with E-state index in [2.05, 4.69) is 34.1 Å². The molecule has 3 N–H and O–H groups in total. The van der Waals surface area contributed by atoms with Gasteiger partial charge in [0.25, 0.3) is 5.56 Å². The number of benzene rings is 1. The molecule has 1 aliphatic rings. The van der Waals surface area contributed by atoms with Crippen molar-refractivity contribution in [1.29, 1.82) is 0 Å². The molecule has 146 valence electrons. The lowest BCUT2D eigenvalue weighted by Crippen LogP contribution is -2.41. The van der Waals surface area contributed by atoms with Crippen molar-refractivity contribution in [2.45, 2.75) is 33.2 Å². The van der Waals surface area contributed by atoms with Crippen LogP contribution in [0.1, 0.15) is 29.1 Å². The Morgan fingerprint density at radius 2 is 2.07 bits per heavy atom. The number of thiophene rings is 1. The van der Waals surface area contributed by atoms with Crippen LogP contribution in [-0.4, -0.2) is 33.9 Å². The maximum absolute atomic E-state index is 12.9. The van der Waals surface area contributed by atoms with Gasteiger partial charge in [0.1, 0.15) is 10.7 Å². The van der Waals surface area contributed by atoms with Gasteiger partial charge in [0.2, 0.25) is 5.91 Å². The molecule has 0 aliphatic carbocycles. The fraction of sp³-hybridized carbons (Fsp3) is 0.381. The summed E-state index contributed by atoms with van der Waals surface area (Å²) in [6.07, 6.45) is 1.76. The Morgan fingerprint density at radius 3 is 2.79 bits per heavy atom. The zero-order chi connectivity index (χ0) is 19.8. The number of H-pyrrole nitrogens is 1. The van der Waals surface area contributed by atoms with E-state index in [1.807, 2.05) is 13.8 Å². The normalized spacial score (nSPS) is 17.9. The summed E-state index contributed by atoms with van der Waals surface area (Å²) in [6, 6.07) is 8.21. The van der Waals surface area contributed by atoms with E-state index in [4.69, 9.17) is 10.7 Å². The lowest BCUT2D eigenvalue weighted by atomic mass is 9.97. The first-order valence-corrected chi connectivity index (χ1v) is 10.3. The summed E-state index contributed by atoms with van der Waals surface area (Å²) in [4.78, 5) is 36.1. The van der Waals surface area contributed by atoms with Crippen LogP contribution in [0.3, 0.4) is 0 Å². The Balaban J connectivity index is 1.67. The summed E-state index contributed by atoms with van der Waals surface area (Å²) in [5.41, 5.74) is 8.55. The van der Waals surface area contributed by atoms with E-state index in [1.165, 1.54) is 5.56 Å². The SMILES string of the molecule is Cc1ccc(-c2c(C)sc3nc(CN4CCC[C@H](C(N)=O)C4)[nH]c(=O)c23)cc1. The van der Waals surface area contributed by atoms with Crippen LogP contribution in [0.5, 0.6) is 0 Å². The number of carbonyl (C=O) groups excluding carboxylic acids is 1. The molecular formula is C21H24N4O2S. The number of aromatic nitrogens is 2. The number of piperidine rings is 1. The molecule has 2 aromatic heterocycles. The highest BCUT2D eigenvalue weighted by Gasteiger charge is 2.25. The summed E-state index contributed by atoms with van der Waals surface area (Å²) in [6.45, 7) is 6.10. The molecule has 28 heavy (non-hydrogen) atoms. The average Bonchev–Trinajstić information content (AvgIpc) is 2.99. The molecule has 3 aromatic rings. The van der Waals surface area contributed by atoms with Crippen LogP contribution in [0.2, 0.25) is 0 Å². The van der Waals surface area contributed by atoms with Crippen LogP contribution >= 0.6 is 11.3 Å². The zero-order valence-corrected chi connectivity index (χ0v) is 16.9. The van der Waals surface area contributed by atoms with Crippen LogP contribution < -0.4 is 11.3 Å². The quantitative estimate of drug-likeness (QED) is 0.709. The molecule has 0 unspecified atom stereocenters. The van der Waals surface area contributed by atoms with Crippen molar-refractivity contribution < 1.29 is 4.79 Å². The Labute approximate surface area is 167 Å². The fourth-order valence-electron chi connectivity index (χ4n) is 3.95. The summed E-state index contributed by atoms with van der Waals surface area (Å²) in [5, 5.41) is 0.656. The van der Waals surface area contributed by atoms with Crippen LogP contribution in [0.4, 0.5) is 0 Å². The van der Waals surface area contributed by atoms with Crippen LogP contribution in [0, 0.1) is 19.8 Å². The summed E-state index contributed by atoms with van der Waals surface area (Å²) >= 11 is 1.55. The summed E-state index contributed by atoms with van der Waals surface area (Å²) in [7, 11) is 0. The van der Waals surface area contributed by atoms with Crippen molar-refractivity contribution in [2.24, 2.45) is 11.7 Å². The molecule has 1 fully saturated rings. The van der Waals surface area contributed by atoms with Gasteiger partial charge >= 0.3 is 0 Å². The van der Waals surface area contributed by atoms with Crippen LogP contribution in [-0.2, 0) is 11.3 Å². The molecule has 1 aliphatic heterocycles. The van der Waals surface area contributed by atoms with Gasteiger partial charge in [0.15, 0.2) is 0 Å². The number of carbonyl (C=O) groups is 1. The van der Waals surface area contributed by atoms with Gasteiger partial charge < -0.3 is 10.7 Å². The molecule has 1 amide bonds. The Morgan fingerprint density at radius 1 is 1.32 bits per heavy atom. The average molecular weight is 397 g/mol. The van der Waals surface area contributed by atoms with Gasteiger partial charge in [-0.2, -0.15) is 0 Å². The minimum absolute atomic E-state index is 0.108. The second-order valence-corrected chi connectivity index (χ2v) is 8.77. The molecule has 3 heterocycles. The van der Waals surface area contributed by atoms with Gasteiger partial charge in [-0.1, -0.05) is 29.8 Å². The minimum Gasteiger partial charge on any atom is -0.369 e. The van der Waals surface area contributed by atoms with Crippen LogP contribution in [0.15, 0.2) is 29.1 Å². The lowest BCUT2D eigenvalue weighted by molar-refractivity contribution is -0.123. The number of rotatable bonds is 4. The maximum Gasteiger partial charge on any atom is 0.260 e. The Hall–Kier alpha value is -2.51. The molecular weight excluding hydrogens is 372 g/mol. The van der Waals surface area contributed by atoms with Crippen molar-refractivity contribution >= 4 is 27.5 Å². The summed E-state index contributed by atoms with van der Waals surface area (Å²) in [5.74, 6) is 0.263. The number of aryl methyl sites for hydroxylation is 2. The van der Waals surface area contributed by atoms with Crippen molar-refractivity contribution in [1.82, 2.24) is 14.9 Å². The molecule has 0 bridgehead atoms. The van der Waals surface area contributed by atoms with Gasteiger partial charge in [0.05, 0.1) is 17.8 Å². The fourth-order valence-corrected chi connectivity index (χ4v) is 5.01. The lowest BCUT2D eigenvalue weighted by Gasteiger charge is -2.30. The second-order valence-electron chi connectivity index (χ2n) is 7.57. The van der Waals surface area contributed by atoms with Gasteiger partial charge in [-0.15, -0.1) is 11.3 Å². The third-order valence-corrected chi connectivity index (χ3v) is 6.41. The largest absolute Gasteiger partial charge is 0.369 e. The number of likely N-dealkylation sites (tertiary alicyclic amines) is 1. The van der Waals surface area contributed by atoms with E-state index in [1.54, 1.807) is 11.3 Å². The maximum atomic E-state index is 12.9. The van der Waals surface area contributed by atoms with Crippen LogP contribution in [0.25, 0.3) is 21.3 Å². The predicted octanol–water partition coefficient (Wildman–Crippen LogP) is 2.97. The minimum atomic E-state index is -0.252. The van der Waals surface area contributed by atoms with Gasteiger partial charge in [-0.05, 0) is 38.8 Å². The number of hydrogen-bond acceptors (Lipinski definition) is 5. The standard InChI is InChI=1S/C21H24N4O2S/c1-12-5-7-14(8-6-12)17-13(2)28-21-18(17)20(27)23-16(24-21)11-25-9-3-4-15(10-25)19(22)26/h5-8,15H,3-4,9-11H2,1-2H3,(H2,22,26)(H,23,24,27)/t15-/m0/s1. The number of hydrogen-bond donors (Lipinski definition) is 2. The van der Waals surface area contributed by atoms with Gasteiger partial charge in [-0.3, -0.25) is 14.5 Å². The van der Waals surface area contributed by atoms with E-state index in [-0.39, 0.29) is 17.4 Å². The topological polar surface area (TPSA) is 92.1 Å². The number of aromatic amines is 1. The number of fused-ring (bicyclic) bond motifs is 1. The molecule has 4 rings (SSSR count). The Bertz CT molecular complexity index is 1080. The molecule has 0 radical (unpaired) electrons. The molecule has 7 heteroatoms. The number of amides is 1. The second kappa shape index (κ2) is 7.48. The number of nitrogens with one attached hydrogen (secondary N) is 1. The molecule has 1 atom stereocenters. The highest BCUT2D eigenvalue weighted by molar-refractivity contribution is 7.19. The smallest absolute Gasteiger partial charge is 0.260 e. The third-order valence-electron chi connectivity index (χ3n) is 5.41. The molecule has 0 saturated carbocycles. The van der Waals surface area contributed by atoms with Gasteiger partial charge in [0, 0.05) is 17.0 Å². The molecule has 1 aromatic carbocycles. The van der Waals surface area contributed by atoms with E-state index in [0.717, 1.165) is 40.2 Å². The molecule has 6 nitrogen and oxygen atoms in total. The number of nitrogens with zero attached hydrogens (tertiary/aromatic N) is 2. The summed E-state index contributed by atoms with van der Waals surface area (Å²) < 4.78 is 0. The molecule has 0 spiro atoms. The number of primary amides is 1. The number of nitrogens with two attached hydrogens (primary N) is 1. The first kappa shape index (κ1) is 18.8. The van der Waals surface area contributed by atoms with Gasteiger partial charge in [-0.25, -0.2) is 4.98 Å².